The van der Waals surface area contributed by atoms with Crippen molar-refractivity contribution in [2.75, 3.05) is 10.6 Å². The Morgan fingerprint density at radius 1 is 1.08 bits per heavy atom. The lowest BCUT2D eigenvalue weighted by Gasteiger charge is -2.16. The fraction of sp³-hybridized carbons (Fsp3) is 0.263. The molecule has 5 heteroatoms. The fourth-order valence-corrected chi connectivity index (χ4v) is 2.44. The van der Waals surface area contributed by atoms with Gasteiger partial charge in [-0.05, 0) is 48.7 Å². The van der Waals surface area contributed by atoms with E-state index in [9.17, 15) is 4.79 Å². The maximum atomic E-state index is 12.3. The third-order valence-electron chi connectivity index (χ3n) is 3.71. The molecule has 1 amide bonds. The van der Waals surface area contributed by atoms with Gasteiger partial charge < -0.3 is 10.6 Å². The standard InChI is InChI=1S/C19H20ClN3O/c1-12(2)14-4-7-16(8-5-14)22-13(3)19(24)23-17-9-6-15(11-21)18(20)10-17/h4-10,12-13,22H,1-3H3,(H,23,24)/t13-/m0/s1. The number of nitriles is 1. The van der Waals surface area contributed by atoms with Crippen LogP contribution < -0.4 is 10.6 Å². The minimum absolute atomic E-state index is 0.177. The topological polar surface area (TPSA) is 64.9 Å². The average Bonchev–Trinajstić information content (AvgIpc) is 2.55. The maximum absolute atomic E-state index is 12.3. The number of carbonyl (C=O) groups excluding carboxylic acids is 1. The first-order chi connectivity index (χ1) is 11.4. The lowest BCUT2D eigenvalue weighted by Crippen LogP contribution is -2.31. The van der Waals surface area contributed by atoms with E-state index in [1.54, 1.807) is 25.1 Å². The van der Waals surface area contributed by atoms with Gasteiger partial charge in [0.15, 0.2) is 0 Å². The van der Waals surface area contributed by atoms with Crippen molar-refractivity contribution in [3.05, 3.63) is 58.6 Å². The van der Waals surface area contributed by atoms with Gasteiger partial charge in [0.25, 0.3) is 0 Å². The van der Waals surface area contributed by atoms with Crippen molar-refractivity contribution < 1.29 is 4.79 Å². The summed E-state index contributed by atoms with van der Waals surface area (Å²) in [6.07, 6.45) is 0. The maximum Gasteiger partial charge on any atom is 0.246 e. The molecule has 4 nitrogen and oxygen atoms in total. The van der Waals surface area contributed by atoms with Gasteiger partial charge in [0.1, 0.15) is 12.1 Å². The second-order valence-corrected chi connectivity index (χ2v) is 6.35. The molecule has 0 spiro atoms. The van der Waals surface area contributed by atoms with E-state index in [0.717, 1.165) is 5.69 Å². The van der Waals surface area contributed by atoms with Crippen LogP contribution >= 0.6 is 11.6 Å². The first-order valence-corrected chi connectivity index (χ1v) is 8.15. The second-order valence-electron chi connectivity index (χ2n) is 5.94. The van der Waals surface area contributed by atoms with Crippen LogP contribution in [0.4, 0.5) is 11.4 Å². The van der Waals surface area contributed by atoms with Gasteiger partial charge in [-0.2, -0.15) is 5.26 Å². The lowest BCUT2D eigenvalue weighted by atomic mass is 10.0. The summed E-state index contributed by atoms with van der Waals surface area (Å²) in [4.78, 5) is 12.3. The third-order valence-corrected chi connectivity index (χ3v) is 4.02. The van der Waals surface area contributed by atoms with E-state index < -0.39 is 6.04 Å². The zero-order valence-corrected chi connectivity index (χ0v) is 14.7. The zero-order chi connectivity index (χ0) is 17.7. The van der Waals surface area contributed by atoms with Crippen LogP contribution in [0.25, 0.3) is 0 Å². The molecule has 0 aliphatic heterocycles. The van der Waals surface area contributed by atoms with Crippen LogP contribution in [0.5, 0.6) is 0 Å². The number of halogens is 1. The normalized spacial score (nSPS) is 11.7. The van der Waals surface area contributed by atoms with Crippen molar-refractivity contribution in [1.29, 1.82) is 5.26 Å². The van der Waals surface area contributed by atoms with Crippen molar-refractivity contribution >= 4 is 28.9 Å². The molecule has 1 atom stereocenters. The van der Waals surface area contributed by atoms with E-state index in [2.05, 4.69) is 36.6 Å². The van der Waals surface area contributed by atoms with E-state index in [1.165, 1.54) is 5.56 Å². The molecule has 0 aliphatic rings. The number of rotatable bonds is 5. The van der Waals surface area contributed by atoms with Gasteiger partial charge >= 0.3 is 0 Å². The van der Waals surface area contributed by atoms with Crippen LogP contribution in [0.2, 0.25) is 5.02 Å². The number of hydrogen-bond acceptors (Lipinski definition) is 3. The molecule has 0 fully saturated rings. The van der Waals surface area contributed by atoms with Crippen LogP contribution in [-0.2, 0) is 4.79 Å². The zero-order valence-electron chi connectivity index (χ0n) is 13.9. The number of benzene rings is 2. The predicted octanol–water partition coefficient (Wildman–Crippen LogP) is 4.77. The van der Waals surface area contributed by atoms with Gasteiger partial charge in [-0.15, -0.1) is 0 Å². The third kappa shape index (κ3) is 4.50. The van der Waals surface area contributed by atoms with E-state index >= 15 is 0 Å². The van der Waals surface area contributed by atoms with Gasteiger partial charge in [-0.25, -0.2) is 0 Å². The van der Waals surface area contributed by atoms with E-state index in [1.807, 2.05) is 18.2 Å². The molecular formula is C19H20ClN3O. The van der Waals surface area contributed by atoms with Gasteiger partial charge in [-0.1, -0.05) is 37.6 Å². The van der Waals surface area contributed by atoms with E-state index in [4.69, 9.17) is 16.9 Å². The molecule has 0 unspecified atom stereocenters. The molecule has 0 bridgehead atoms. The molecule has 0 heterocycles. The largest absolute Gasteiger partial charge is 0.374 e. The summed E-state index contributed by atoms with van der Waals surface area (Å²) in [6, 6.07) is 14.4. The fourth-order valence-electron chi connectivity index (χ4n) is 2.21. The highest BCUT2D eigenvalue weighted by molar-refractivity contribution is 6.32. The van der Waals surface area contributed by atoms with Gasteiger partial charge in [0.05, 0.1) is 10.6 Å². The number of nitrogens with zero attached hydrogens (tertiary/aromatic N) is 1. The smallest absolute Gasteiger partial charge is 0.246 e. The van der Waals surface area contributed by atoms with E-state index in [0.29, 0.717) is 22.2 Å². The molecule has 0 saturated heterocycles. The summed E-state index contributed by atoms with van der Waals surface area (Å²) in [5.41, 5.74) is 3.09. The Morgan fingerprint density at radius 3 is 2.25 bits per heavy atom. The predicted molar refractivity (Wildman–Crippen MR) is 98.4 cm³/mol. The Kier molecular flexibility index (Phi) is 5.83. The summed E-state index contributed by atoms with van der Waals surface area (Å²) in [5.74, 6) is 0.296. The van der Waals surface area contributed by atoms with Crippen LogP contribution in [-0.4, -0.2) is 11.9 Å². The monoisotopic (exact) mass is 341 g/mol. The Morgan fingerprint density at radius 2 is 1.71 bits per heavy atom. The molecule has 0 aromatic heterocycles. The van der Waals surface area contributed by atoms with Crippen LogP contribution in [0, 0.1) is 11.3 Å². The van der Waals surface area contributed by atoms with Crippen molar-refractivity contribution in [3.63, 3.8) is 0 Å². The molecule has 24 heavy (non-hydrogen) atoms. The summed E-state index contributed by atoms with van der Waals surface area (Å²) in [7, 11) is 0. The number of anilines is 2. The van der Waals surface area contributed by atoms with Gasteiger partial charge in [0, 0.05) is 11.4 Å². The van der Waals surface area contributed by atoms with E-state index in [-0.39, 0.29) is 5.91 Å². The Bertz CT molecular complexity index is 763. The highest BCUT2D eigenvalue weighted by Crippen LogP contribution is 2.21. The summed E-state index contributed by atoms with van der Waals surface area (Å²) in [6.45, 7) is 6.07. The molecule has 2 rings (SSSR count). The Balaban J connectivity index is 1.99. The van der Waals surface area contributed by atoms with Crippen LogP contribution in [0.15, 0.2) is 42.5 Å². The van der Waals surface area contributed by atoms with Crippen molar-refractivity contribution in [2.45, 2.75) is 32.7 Å². The highest BCUT2D eigenvalue weighted by atomic mass is 35.5. The minimum Gasteiger partial charge on any atom is -0.374 e. The van der Waals surface area contributed by atoms with Crippen molar-refractivity contribution in [2.24, 2.45) is 0 Å². The Labute approximate surface area is 147 Å². The molecule has 0 saturated carbocycles. The SMILES string of the molecule is CC(C)c1ccc(N[C@@H](C)C(=O)Nc2ccc(C#N)c(Cl)c2)cc1. The van der Waals surface area contributed by atoms with Crippen LogP contribution in [0.3, 0.4) is 0 Å². The first kappa shape index (κ1) is 17.8. The molecule has 2 aromatic rings. The molecule has 2 aromatic carbocycles. The quantitative estimate of drug-likeness (QED) is 0.822. The number of nitrogens with one attached hydrogen (secondary N) is 2. The average molecular weight is 342 g/mol. The summed E-state index contributed by atoms with van der Waals surface area (Å²) < 4.78 is 0. The molecule has 0 aliphatic carbocycles. The van der Waals surface area contributed by atoms with Crippen LogP contribution in [0.1, 0.15) is 37.8 Å². The first-order valence-electron chi connectivity index (χ1n) is 7.77. The summed E-state index contributed by atoms with van der Waals surface area (Å²) in [5, 5.41) is 15.1. The minimum atomic E-state index is -0.413. The molecule has 124 valence electrons. The summed E-state index contributed by atoms with van der Waals surface area (Å²) >= 11 is 5.97. The molecule has 2 N–H and O–H groups in total. The van der Waals surface area contributed by atoms with Gasteiger partial charge in [0.2, 0.25) is 5.91 Å². The Hall–Kier alpha value is -2.51. The highest BCUT2D eigenvalue weighted by Gasteiger charge is 2.13. The van der Waals surface area contributed by atoms with Gasteiger partial charge in [-0.3, -0.25) is 4.79 Å². The molecular weight excluding hydrogens is 322 g/mol. The number of hydrogen-bond donors (Lipinski definition) is 2. The molecule has 0 radical (unpaired) electrons. The van der Waals surface area contributed by atoms with Crippen molar-refractivity contribution in [3.8, 4) is 6.07 Å². The number of amides is 1. The van der Waals surface area contributed by atoms with Crippen molar-refractivity contribution in [1.82, 2.24) is 0 Å². The lowest BCUT2D eigenvalue weighted by molar-refractivity contribution is -0.116. The number of carbonyl (C=O) groups is 1. The second kappa shape index (κ2) is 7.85.